The van der Waals surface area contributed by atoms with E-state index in [0.717, 1.165) is 21.9 Å². The first-order chi connectivity index (χ1) is 8.51. The van der Waals surface area contributed by atoms with Gasteiger partial charge < -0.3 is 10.2 Å². The lowest BCUT2D eigenvalue weighted by atomic mass is 9.97. The minimum absolute atomic E-state index is 0.138. The molecule has 3 nitrogen and oxygen atoms in total. The van der Waals surface area contributed by atoms with Crippen molar-refractivity contribution in [3.63, 3.8) is 0 Å². The lowest BCUT2D eigenvalue weighted by molar-refractivity contribution is -0.118. The quantitative estimate of drug-likeness (QED) is 0.816. The number of phenolic OH excluding ortho intramolecular Hbond substituents is 2. The van der Waals surface area contributed by atoms with E-state index in [2.05, 4.69) is 0 Å². The molecule has 0 aliphatic rings. The van der Waals surface area contributed by atoms with Crippen LogP contribution < -0.4 is 0 Å². The van der Waals surface area contributed by atoms with Crippen LogP contribution in [0.15, 0.2) is 24.3 Å². The molecule has 0 heterocycles. The molecular formula is C15H16O3. The lowest BCUT2D eigenvalue weighted by Gasteiger charge is -2.09. The van der Waals surface area contributed by atoms with Gasteiger partial charge in [-0.15, -0.1) is 0 Å². The van der Waals surface area contributed by atoms with Crippen LogP contribution in [0.5, 0.6) is 11.5 Å². The SMILES string of the molecule is CCC(=O)Cc1cc(C)cc2cc(O)c(O)cc12. The summed E-state index contributed by atoms with van der Waals surface area (Å²) in [5.41, 5.74) is 1.93. The number of hydrogen-bond donors (Lipinski definition) is 2. The van der Waals surface area contributed by atoms with Gasteiger partial charge in [0.1, 0.15) is 5.78 Å². The maximum atomic E-state index is 11.6. The molecule has 18 heavy (non-hydrogen) atoms. The average molecular weight is 244 g/mol. The summed E-state index contributed by atoms with van der Waals surface area (Å²) in [5, 5.41) is 20.7. The summed E-state index contributed by atoms with van der Waals surface area (Å²) >= 11 is 0. The summed E-state index contributed by atoms with van der Waals surface area (Å²) in [6.07, 6.45) is 0.860. The van der Waals surface area contributed by atoms with Crippen molar-refractivity contribution in [2.75, 3.05) is 0 Å². The number of carbonyl (C=O) groups is 1. The molecule has 0 spiro atoms. The van der Waals surface area contributed by atoms with E-state index in [1.165, 1.54) is 12.1 Å². The van der Waals surface area contributed by atoms with Gasteiger partial charge in [0.25, 0.3) is 0 Å². The Morgan fingerprint density at radius 3 is 2.44 bits per heavy atom. The number of benzene rings is 2. The maximum absolute atomic E-state index is 11.6. The molecule has 0 saturated carbocycles. The molecule has 0 saturated heterocycles. The topological polar surface area (TPSA) is 57.5 Å². The van der Waals surface area contributed by atoms with Crippen molar-refractivity contribution in [3.05, 3.63) is 35.4 Å². The number of fused-ring (bicyclic) bond motifs is 1. The predicted molar refractivity (Wildman–Crippen MR) is 71.0 cm³/mol. The third-order valence-corrected chi connectivity index (χ3v) is 3.06. The van der Waals surface area contributed by atoms with Gasteiger partial charge in [-0.25, -0.2) is 0 Å². The first kappa shape index (κ1) is 12.4. The smallest absolute Gasteiger partial charge is 0.158 e. The summed E-state index contributed by atoms with van der Waals surface area (Å²) in [6, 6.07) is 6.92. The van der Waals surface area contributed by atoms with Crippen molar-refractivity contribution in [2.45, 2.75) is 26.7 Å². The van der Waals surface area contributed by atoms with E-state index < -0.39 is 0 Å². The van der Waals surface area contributed by atoms with E-state index in [0.29, 0.717) is 12.8 Å². The maximum Gasteiger partial charge on any atom is 0.158 e. The van der Waals surface area contributed by atoms with Crippen molar-refractivity contribution in [1.82, 2.24) is 0 Å². The molecule has 2 aromatic carbocycles. The van der Waals surface area contributed by atoms with Gasteiger partial charge in [-0.1, -0.05) is 24.6 Å². The molecule has 0 radical (unpaired) electrons. The van der Waals surface area contributed by atoms with Crippen molar-refractivity contribution in [1.29, 1.82) is 0 Å². The zero-order valence-corrected chi connectivity index (χ0v) is 10.5. The summed E-state index contributed by atoms with van der Waals surface area (Å²) in [7, 11) is 0. The van der Waals surface area contributed by atoms with Crippen molar-refractivity contribution >= 4 is 16.6 Å². The summed E-state index contributed by atoms with van der Waals surface area (Å²) in [6.45, 7) is 3.78. The van der Waals surface area contributed by atoms with Gasteiger partial charge in [0.2, 0.25) is 0 Å². The van der Waals surface area contributed by atoms with Gasteiger partial charge in [0, 0.05) is 12.8 Å². The fourth-order valence-electron chi connectivity index (χ4n) is 2.11. The number of rotatable bonds is 3. The second-order valence-corrected chi connectivity index (χ2v) is 4.56. The standard InChI is InChI=1S/C15H16O3/c1-3-12(16)6-10-4-9(2)5-11-7-14(17)15(18)8-13(10)11/h4-5,7-8,17-18H,3,6H2,1-2H3. The van der Waals surface area contributed by atoms with Gasteiger partial charge >= 0.3 is 0 Å². The normalized spacial score (nSPS) is 10.8. The molecule has 0 aliphatic carbocycles. The molecule has 0 unspecified atom stereocenters. The Bertz CT molecular complexity index is 615. The van der Waals surface area contributed by atoms with Gasteiger partial charge in [-0.3, -0.25) is 4.79 Å². The molecule has 3 heteroatoms. The van der Waals surface area contributed by atoms with Crippen LogP contribution >= 0.6 is 0 Å². The molecule has 0 fully saturated rings. The molecule has 94 valence electrons. The molecule has 0 bridgehead atoms. The third kappa shape index (κ3) is 2.30. The number of ketones is 1. The zero-order chi connectivity index (χ0) is 13.3. The molecule has 2 rings (SSSR count). The number of Topliss-reactive ketones (excluding diaryl/α,β-unsaturated/α-hetero) is 1. The third-order valence-electron chi connectivity index (χ3n) is 3.06. The van der Waals surface area contributed by atoms with E-state index in [1.807, 2.05) is 26.0 Å². The Kier molecular flexibility index (Phi) is 3.24. The Balaban J connectivity index is 2.64. The molecule has 2 aromatic rings. The van der Waals surface area contributed by atoms with E-state index in [-0.39, 0.29) is 17.3 Å². The van der Waals surface area contributed by atoms with Gasteiger partial charge in [-0.05, 0) is 35.4 Å². The number of hydrogen-bond acceptors (Lipinski definition) is 3. The average Bonchev–Trinajstić information content (AvgIpc) is 2.31. The number of aromatic hydroxyl groups is 2. The van der Waals surface area contributed by atoms with Crippen LogP contribution in [0.4, 0.5) is 0 Å². The summed E-state index contributed by atoms with van der Waals surface area (Å²) in [5.74, 6) is -0.133. The second kappa shape index (κ2) is 4.69. The summed E-state index contributed by atoms with van der Waals surface area (Å²) in [4.78, 5) is 11.6. The Morgan fingerprint density at radius 1 is 1.11 bits per heavy atom. The predicted octanol–water partition coefficient (Wildman–Crippen LogP) is 3.08. The van der Waals surface area contributed by atoms with Crippen LogP contribution in [0.1, 0.15) is 24.5 Å². The van der Waals surface area contributed by atoms with Gasteiger partial charge in [0.15, 0.2) is 11.5 Å². The fourth-order valence-corrected chi connectivity index (χ4v) is 2.11. The minimum Gasteiger partial charge on any atom is -0.504 e. The van der Waals surface area contributed by atoms with E-state index >= 15 is 0 Å². The minimum atomic E-state index is -0.156. The fraction of sp³-hybridized carbons (Fsp3) is 0.267. The van der Waals surface area contributed by atoms with Gasteiger partial charge in [-0.2, -0.15) is 0 Å². The van der Waals surface area contributed by atoms with Gasteiger partial charge in [0.05, 0.1) is 0 Å². The van der Waals surface area contributed by atoms with Crippen LogP contribution in [0.3, 0.4) is 0 Å². The van der Waals surface area contributed by atoms with Crippen LogP contribution in [0.25, 0.3) is 10.8 Å². The lowest BCUT2D eigenvalue weighted by Crippen LogP contribution is -2.01. The second-order valence-electron chi connectivity index (χ2n) is 4.56. The molecule has 0 aliphatic heterocycles. The molecule has 0 aromatic heterocycles. The molecule has 2 N–H and O–H groups in total. The Labute approximate surface area is 106 Å². The van der Waals surface area contributed by atoms with Crippen molar-refractivity contribution in [3.8, 4) is 11.5 Å². The largest absolute Gasteiger partial charge is 0.504 e. The van der Waals surface area contributed by atoms with E-state index in [9.17, 15) is 15.0 Å². The number of carbonyl (C=O) groups excluding carboxylic acids is 1. The van der Waals surface area contributed by atoms with Crippen molar-refractivity contribution in [2.24, 2.45) is 0 Å². The van der Waals surface area contributed by atoms with Crippen LogP contribution in [-0.4, -0.2) is 16.0 Å². The van der Waals surface area contributed by atoms with Crippen molar-refractivity contribution < 1.29 is 15.0 Å². The van der Waals surface area contributed by atoms with E-state index in [1.54, 1.807) is 0 Å². The molecule has 0 atom stereocenters. The number of aryl methyl sites for hydroxylation is 1. The highest BCUT2D eigenvalue weighted by atomic mass is 16.3. The molecular weight excluding hydrogens is 228 g/mol. The first-order valence-corrected chi connectivity index (χ1v) is 5.98. The van der Waals surface area contributed by atoms with Crippen LogP contribution in [-0.2, 0) is 11.2 Å². The highest BCUT2D eigenvalue weighted by Gasteiger charge is 2.10. The van der Waals surface area contributed by atoms with E-state index in [4.69, 9.17) is 0 Å². The zero-order valence-electron chi connectivity index (χ0n) is 10.5. The van der Waals surface area contributed by atoms with Crippen LogP contribution in [0.2, 0.25) is 0 Å². The highest BCUT2D eigenvalue weighted by Crippen LogP contribution is 2.32. The van der Waals surface area contributed by atoms with Crippen LogP contribution in [0, 0.1) is 6.92 Å². The summed E-state index contributed by atoms with van der Waals surface area (Å²) < 4.78 is 0. The Morgan fingerprint density at radius 2 is 1.78 bits per heavy atom. The highest BCUT2D eigenvalue weighted by molar-refractivity contribution is 5.93. The number of phenols is 2. The Hall–Kier alpha value is -2.03. The first-order valence-electron chi connectivity index (χ1n) is 5.98. The molecule has 0 amide bonds. The monoisotopic (exact) mass is 244 g/mol.